The second kappa shape index (κ2) is 6.14. The van der Waals surface area contributed by atoms with Gasteiger partial charge in [0.15, 0.2) is 0 Å². The molecule has 0 bridgehead atoms. The second-order valence-corrected chi connectivity index (χ2v) is 4.66. The maximum Gasteiger partial charge on any atom is 0.251 e. The molecule has 3 nitrogen and oxygen atoms in total. The van der Waals surface area contributed by atoms with Crippen molar-refractivity contribution in [3.05, 3.63) is 65.0 Å². The zero-order chi connectivity index (χ0) is 13.7. The Morgan fingerprint density at radius 3 is 2.53 bits per heavy atom. The predicted molar refractivity (Wildman–Crippen MR) is 76.2 cm³/mol. The monoisotopic (exact) mass is 254 g/mol. The maximum atomic E-state index is 11.8. The van der Waals surface area contributed by atoms with Crippen LogP contribution in [0.5, 0.6) is 0 Å². The highest BCUT2D eigenvalue weighted by Crippen LogP contribution is 2.10. The number of hydrogen-bond acceptors (Lipinski definition) is 2. The third-order valence-corrected chi connectivity index (χ3v) is 3.21. The third-order valence-electron chi connectivity index (χ3n) is 3.21. The molecule has 0 saturated carbocycles. The highest BCUT2D eigenvalue weighted by atomic mass is 16.1. The summed E-state index contributed by atoms with van der Waals surface area (Å²) in [5.41, 5.74) is 4.48. The number of hydrogen-bond donors (Lipinski definition) is 1. The van der Waals surface area contributed by atoms with Gasteiger partial charge < -0.3 is 5.32 Å². The van der Waals surface area contributed by atoms with Crippen molar-refractivity contribution < 1.29 is 4.79 Å². The summed E-state index contributed by atoms with van der Waals surface area (Å²) in [7, 11) is 0. The molecule has 0 saturated heterocycles. The molecule has 0 aliphatic heterocycles. The topological polar surface area (TPSA) is 42.0 Å². The molecule has 1 aromatic heterocycles. The van der Waals surface area contributed by atoms with Gasteiger partial charge in [-0.05, 0) is 49.1 Å². The van der Waals surface area contributed by atoms with Gasteiger partial charge in [0.2, 0.25) is 0 Å². The summed E-state index contributed by atoms with van der Waals surface area (Å²) in [5, 5.41) is 2.91. The first-order valence-electron chi connectivity index (χ1n) is 6.41. The molecule has 0 radical (unpaired) electrons. The summed E-state index contributed by atoms with van der Waals surface area (Å²) in [6.45, 7) is 4.85. The van der Waals surface area contributed by atoms with Gasteiger partial charge in [-0.2, -0.15) is 0 Å². The van der Waals surface area contributed by atoms with Crippen LogP contribution in [-0.2, 0) is 6.42 Å². The lowest BCUT2D eigenvalue weighted by Crippen LogP contribution is -2.25. The van der Waals surface area contributed by atoms with Gasteiger partial charge >= 0.3 is 0 Å². The fraction of sp³-hybridized carbons (Fsp3) is 0.250. The molecule has 2 rings (SSSR count). The molecule has 98 valence electrons. The zero-order valence-electron chi connectivity index (χ0n) is 11.3. The Morgan fingerprint density at radius 2 is 1.84 bits per heavy atom. The van der Waals surface area contributed by atoms with Crippen LogP contribution in [0.2, 0.25) is 0 Å². The van der Waals surface area contributed by atoms with Crippen LogP contribution in [0, 0.1) is 13.8 Å². The Morgan fingerprint density at radius 1 is 1.11 bits per heavy atom. The van der Waals surface area contributed by atoms with Gasteiger partial charge in [0.1, 0.15) is 0 Å². The van der Waals surface area contributed by atoms with Gasteiger partial charge in [-0.1, -0.05) is 18.2 Å². The molecule has 1 aromatic carbocycles. The van der Waals surface area contributed by atoms with Crippen LogP contribution in [0.4, 0.5) is 0 Å². The van der Waals surface area contributed by atoms with Crippen molar-refractivity contribution in [3.8, 4) is 0 Å². The van der Waals surface area contributed by atoms with Crippen molar-refractivity contribution in [3.63, 3.8) is 0 Å². The van der Waals surface area contributed by atoms with E-state index in [1.54, 1.807) is 24.5 Å². The first-order valence-corrected chi connectivity index (χ1v) is 6.41. The molecular weight excluding hydrogens is 236 g/mol. The zero-order valence-corrected chi connectivity index (χ0v) is 11.3. The summed E-state index contributed by atoms with van der Waals surface area (Å²) in [6, 6.07) is 9.83. The smallest absolute Gasteiger partial charge is 0.251 e. The molecule has 0 atom stereocenters. The predicted octanol–water partition coefficient (Wildman–Crippen LogP) is 2.67. The third kappa shape index (κ3) is 3.65. The molecule has 0 aliphatic rings. The Balaban J connectivity index is 1.87. The fourth-order valence-electron chi connectivity index (χ4n) is 1.88. The van der Waals surface area contributed by atoms with E-state index in [4.69, 9.17) is 0 Å². The fourth-order valence-corrected chi connectivity index (χ4v) is 1.88. The standard InChI is InChI=1S/C16H18N2O/c1-12-3-4-14(11-13(12)2)5-10-18-16(19)15-6-8-17-9-7-15/h3-4,6-9,11H,5,10H2,1-2H3,(H,18,19). The highest BCUT2D eigenvalue weighted by molar-refractivity contribution is 5.93. The number of benzene rings is 1. The van der Waals surface area contributed by atoms with Crippen molar-refractivity contribution in [2.24, 2.45) is 0 Å². The molecule has 1 amide bonds. The quantitative estimate of drug-likeness (QED) is 0.911. The highest BCUT2D eigenvalue weighted by Gasteiger charge is 2.03. The number of rotatable bonds is 4. The van der Waals surface area contributed by atoms with E-state index in [-0.39, 0.29) is 5.91 Å². The van der Waals surface area contributed by atoms with Gasteiger partial charge in [0, 0.05) is 24.5 Å². The molecule has 0 unspecified atom stereocenters. The summed E-state index contributed by atoms with van der Waals surface area (Å²) >= 11 is 0. The molecule has 19 heavy (non-hydrogen) atoms. The van der Waals surface area contributed by atoms with E-state index in [9.17, 15) is 4.79 Å². The largest absolute Gasteiger partial charge is 0.352 e. The van der Waals surface area contributed by atoms with Crippen molar-refractivity contribution in [1.29, 1.82) is 0 Å². The van der Waals surface area contributed by atoms with E-state index in [1.165, 1.54) is 16.7 Å². The first-order chi connectivity index (χ1) is 9.16. The van der Waals surface area contributed by atoms with E-state index >= 15 is 0 Å². The van der Waals surface area contributed by atoms with E-state index in [2.05, 4.69) is 42.3 Å². The lowest BCUT2D eigenvalue weighted by atomic mass is 10.0. The minimum atomic E-state index is -0.0498. The van der Waals surface area contributed by atoms with E-state index < -0.39 is 0 Å². The summed E-state index contributed by atoms with van der Waals surface area (Å²) in [6.07, 6.45) is 4.09. The molecule has 1 N–H and O–H groups in total. The van der Waals surface area contributed by atoms with Crippen LogP contribution in [0.1, 0.15) is 27.0 Å². The van der Waals surface area contributed by atoms with E-state index in [0.29, 0.717) is 12.1 Å². The van der Waals surface area contributed by atoms with Crippen LogP contribution >= 0.6 is 0 Å². The summed E-state index contributed by atoms with van der Waals surface area (Å²) < 4.78 is 0. The van der Waals surface area contributed by atoms with Gasteiger partial charge in [-0.3, -0.25) is 9.78 Å². The number of aromatic nitrogens is 1. The SMILES string of the molecule is Cc1ccc(CCNC(=O)c2ccncc2)cc1C. The summed E-state index contributed by atoms with van der Waals surface area (Å²) in [4.78, 5) is 15.7. The van der Waals surface area contributed by atoms with Crippen molar-refractivity contribution in [2.45, 2.75) is 20.3 Å². The molecule has 0 fully saturated rings. The van der Waals surface area contributed by atoms with Crippen molar-refractivity contribution >= 4 is 5.91 Å². The lowest BCUT2D eigenvalue weighted by Gasteiger charge is -2.07. The van der Waals surface area contributed by atoms with Crippen LogP contribution < -0.4 is 5.32 Å². The van der Waals surface area contributed by atoms with Crippen molar-refractivity contribution in [2.75, 3.05) is 6.54 Å². The normalized spacial score (nSPS) is 10.2. The Labute approximate surface area is 113 Å². The van der Waals surface area contributed by atoms with Crippen LogP contribution in [0.3, 0.4) is 0 Å². The molecular formula is C16H18N2O. The molecule has 0 spiro atoms. The van der Waals surface area contributed by atoms with Gasteiger partial charge in [0.05, 0.1) is 0 Å². The average Bonchev–Trinajstić information content (AvgIpc) is 2.43. The molecule has 0 aliphatic carbocycles. The van der Waals surface area contributed by atoms with Crippen LogP contribution in [-0.4, -0.2) is 17.4 Å². The van der Waals surface area contributed by atoms with Crippen LogP contribution in [0.25, 0.3) is 0 Å². The Kier molecular flexibility index (Phi) is 4.29. The molecule has 1 heterocycles. The second-order valence-electron chi connectivity index (χ2n) is 4.66. The molecule has 2 aromatic rings. The average molecular weight is 254 g/mol. The van der Waals surface area contributed by atoms with E-state index in [1.807, 2.05) is 0 Å². The number of nitrogens with zero attached hydrogens (tertiary/aromatic N) is 1. The number of aryl methyl sites for hydroxylation is 2. The number of pyridine rings is 1. The van der Waals surface area contributed by atoms with Gasteiger partial charge in [-0.25, -0.2) is 0 Å². The maximum absolute atomic E-state index is 11.8. The molecule has 3 heteroatoms. The van der Waals surface area contributed by atoms with E-state index in [0.717, 1.165) is 6.42 Å². The minimum Gasteiger partial charge on any atom is -0.352 e. The minimum absolute atomic E-state index is 0.0498. The number of carbonyl (C=O) groups excluding carboxylic acids is 1. The number of nitrogens with one attached hydrogen (secondary N) is 1. The van der Waals surface area contributed by atoms with Gasteiger partial charge in [-0.15, -0.1) is 0 Å². The lowest BCUT2D eigenvalue weighted by molar-refractivity contribution is 0.0954. The van der Waals surface area contributed by atoms with Crippen molar-refractivity contribution in [1.82, 2.24) is 10.3 Å². The number of amides is 1. The first kappa shape index (κ1) is 13.3. The Hall–Kier alpha value is -2.16. The Bertz CT molecular complexity index is 564. The number of carbonyl (C=O) groups is 1. The summed E-state index contributed by atoms with van der Waals surface area (Å²) in [5.74, 6) is -0.0498. The van der Waals surface area contributed by atoms with Crippen LogP contribution in [0.15, 0.2) is 42.7 Å². The van der Waals surface area contributed by atoms with Gasteiger partial charge in [0.25, 0.3) is 5.91 Å².